The first-order chi connectivity index (χ1) is 9.76. The highest BCUT2D eigenvalue weighted by molar-refractivity contribution is 6.39. The SMILES string of the molecule is CC[C@@H](C)[C@](C)(O)CNC(=O)C(=O)Nc1cccc(F)c1. The molecule has 0 spiro atoms. The number of rotatable bonds is 5. The Balaban J connectivity index is 2.54. The molecular weight excluding hydrogens is 275 g/mol. The van der Waals surface area contributed by atoms with Gasteiger partial charge in [0.25, 0.3) is 0 Å². The highest BCUT2D eigenvalue weighted by Crippen LogP contribution is 2.18. The van der Waals surface area contributed by atoms with Gasteiger partial charge in [0.1, 0.15) is 5.82 Å². The van der Waals surface area contributed by atoms with E-state index in [4.69, 9.17) is 0 Å². The zero-order valence-electron chi connectivity index (χ0n) is 12.4. The minimum absolute atomic E-state index is 0.0240. The third kappa shape index (κ3) is 5.15. The van der Waals surface area contributed by atoms with Gasteiger partial charge in [0.15, 0.2) is 0 Å². The lowest BCUT2D eigenvalue weighted by Crippen LogP contribution is -2.47. The molecule has 2 atom stereocenters. The average Bonchev–Trinajstić information content (AvgIpc) is 2.43. The number of carbonyl (C=O) groups excluding carboxylic acids is 2. The molecule has 0 aliphatic rings. The Morgan fingerprint density at radius 2 is 2.05 bits per heavy atom. The van der Waals surface area contributed by atoms with E-state index in [2.05, 4.69) is 10.6 Å². The van der Waals surface area contributed by atoms with Crippen LogP contribution in [0.5, 0.6) is 0 Å². The van der Waals surface area contributed by atoms with E-state index in [1.165, 1.54) is 18.2 Å². The van der Waals surface area contributed by atoms with Gasteiger partial charge in [0.05, 0.1) is 5.60 Å². The van der Waals surface area contributed by atoms with Crippen molar-refractivity contribution >= 4 is 17.5 Å². The van der Waals surface area contributed by atoms with Crippen LogP contribution in [0.2, 0.25) is 0 Å². The molecular formula is C15H21FN2O3. The highest BCUT2D eigenvalue weighted by Gasteiger charge is 2.28. The largest absolute Gasteiger partial charge is 0.388 e. The van der Waals surface area contributed by atoms with Crippen LogP contribution in [0.1, 0.15) is 27.2 Å². The van der Waals surface area contributed by atoms with Crippen LogP contribution in [0.4, 0.5) is 10.1 Å². The number of nitrogens with one attached hydrogen (secondary N) is 2. The van der Waals surface area contributed by atoms with E-state index in [0.717, 1.165) is 12.5 Å². The van der Waals surface area contributed by atoms with Gasteiger partial charge in [0, 0.05) is 12.2 Å². The summed E-state index contributed by atoms with van der Waals surface area (Å²) in [5.74, 6) is -2.31. The first-order valence-electron chi connectivity index (χ1n) is 6.83. The fraction of sp³-hybridized carbons (Fsp3) is 0.467. The Morgan fingerprint density at radius 1 is 1.38 bits per heavy atom. The summed E-state index contributed by atoms with van der Waals surface area (Å²) >= 11 is 0. The summed E-state index contributed by atoms with van der Waals surface area (Å²) < 4.78 is 13.0. The number of benzene rings is 1. The van der Waals surface area contributed by atoms with Crippen molar-refractivity contribution in [2.45, 2.75) is 32.8 Å². The van der Waals surface area contributed by atoms with Crippen LogP contribution in [-0.2, 0) is 9.59 Å². The summed E-state index contributed by atoms with van der Waals surface area (Å²) in [7, 11) is 0. The first-order valence-corrected chi connectivity index (χ1v) is 6.83. The molecule has 3 N–H and O–H groups in total. The minimum atomic E-state index is -1.09. The van der Waals surface area contributed by atoms with Gasteiger partial charge >= 0.3 is 11.8 Å². The third-order valence-corrected chi connectivity index (χ3v) is 3.57. The van der Waals surface area contributed by atoms with E-state index < -0.39 is 23.2 Å². The molecule has 116 valence electrons. The van der Waals surface area contributed by atoms with E-state index >= 15 is 0 Å². The molecule has 0 radical (unpaired) electrons. The fourth-order valence-electron chi connectivity index (χ4n) is 1.71. The second kappa shape index (κ2) is 7.17. The number of carbonyl (C=O) groups is 2. The van der Waals surface area contributed by atoms with Crippen LogP contribution >= 0.6 is 0 Å². The second-order valence-electron chi connectivity index (χ2n) is 5.31. The standard InChI is InChI=1S/C15H21FN2O3/c1-4-10(2)15(3,21)9-17-13(19)14(20)18-12-7-5-6-11(16)8-12/h5-8,10,21H,4,9H2,1-3H3,(H,17,19)(H,18,20)/t10-,15-/m1/s1. The molecule has 5 nitrogen and oxygen atoms in total. The smallest absolute Gasteiger partial charge is 0.313 e. The summed E-state index contributed by atoms with van der Waals surface area (Å²) in [5, 5.41) is 14.8. The second-order valence-corrected chi connectivity index (χ2v) is 5.31. The molecule has 1 rings (SSSR count). The summed E-state index contributed by atoms with van der Waals surface area (Å²) in [4.78, 5) is 23.3. The third-order valence-electron chi connectivity index (χ3n) is 3.57. The molecule has 0 unspecified atom stereocenters. The molecule has 0 aliphatic heterocycles. The Labute approximate surface area is 123 Å². The molecule has 0 heterocycles. The van der Waals surface area contributed by atoms with E-state index in [1.54, 1.807) is 6.92 Å². The lowest BCUT2D eigenvalue weighted by atomic mass is 9.89. The van der Waals surface area contributed by atoms with Crippen molar-refractivity contribution in [1.29, 1.82) is 0 Å². The molecule has 0 saturated heterocycles. The molecule has 0 saturated carbocycles. The van der Waals surface area contributed by atoms with Gasteiger partial charge in [-0.2, -0.15) is 0 Å². The van der Waals surface area contributed by atoms with Gasteiger partial charge < -0.3 is 15.7 Å². The van der Waals surface area contributed by atoms with Gasteiger partial charge in [0.2, 0.25) is 0 Å². The van der Waals surface area contributed by atoms with Crippen molar-refractivity contribution < 1.29 is 19.1 Å². The van der Waals surface area contributed by atoms with Crippen molar-refractivity contribution in [1.82, 2.24) is 5.32 Å². The van der Waals surface area contributed by atoms with Crippen molar-refractivity contribution in [3.63, 3.8) is 0 Å². The maximum Gasteiger partial charge on any atom is 0.313 e. The van der Waals surface area contributed by atoms with E-state index in [-0.39, 0.29) is 18.2 Å². The summed E-state index contributed by atoms with van der Waals surface area (Å²) in [5.41, 5.74) is -0.896. The van der Waals surface area contributed by atoms with Gasteiger partial charge in [-0.1, -0.05) is 26.3 Å². The molecule has 6 heteroatoms. The maximum atomic E-state index is 13.0. The maximum absolute atomic E-state index is 13.0. The number of amides is 2. The topological polar surface area (TPSA) is 78.4 Å². The predicted molar refractivity (Wildman–Crippen MR) is 78.1 cm³/mol. The zero-order valence-corrected chi connectivity index (χ0v) is 12.4. The number of aliphatic hydroxyl groups is 1. The van der Waals surface area contributed by atoms with Crippen LogP contribution in [-0.4, -0.2) is 29.1 Å². The lowest BCUT2D eigenvalue weighted by Gasteiger charge is -2.29. The van der Waals surface area contributed by atoms with Gasteiger partial charge in [-0.3, -0.25) is 9.59 Å². The monoisotopic (exact) mass is 296 g/mol. The van der Waals surface area contributed by atoms with Crippen molar-refractivity contribution in [2.24, 2.45) is 5.92 Å². The minimum Gasteiger partial charge on any atom is -0.388 e. The average molecular weight is 296 g/mol. The molecule has 1 aromatic carbocycles. The highest BCUT2D eigenvalue weighted by atomic mass is 19.1. The summed E-state index contributed by atoms with van der Waals surface area (Å²) in [6.45, 7) is 5.36. The Bertz CT molecular complexity index is 517. The fourth-order valence-corrected chi connectivity index (χ4v) is 1.71. The predicted octanol–water partition coefficient (Wildman–Crippen LogP) is 1.68. The van der Waals surface area contributed by atoms with Crippen molar-refractivity contribution in [3.05, 3.63) is 30.1 Å². The van der Waals surface area contributed by atoms with Crippen LogP contribution in [0.15, 0.2) is 24.3 Å². The molecule has 1 aromatic rings. The van der Waals surface area contributed by atoms with Crippen LogP contribution in [0.3, 0.4) is 0 Å². The Hall–Kier alpha value is -1.95. The van der Waals surface area contributed by atoms with E-state index in [0.29, 0.717) is 0 Å². The van der Waals surface area contributed by atoms with E-state index in [1.807, 2.05) is 13.8 Å². The molecule has 0 fully saturated rings. The van der Waals surface area contributed by atoms with Crippen LogP contribution in [0, 0.1) is 11.7 Å². The van der Waals surface area contributed by atoms with Gasteiger partial charge in [-0.15, -0.1) is 0 Å². The normalized spacial score (nSPS) is 14.9. The van der Waals surface area contributed by atoms with Gasteiger partial charge in [-0.25, -0.2) is 4.39 Å². The molecule has 0 aliphatic carbocycles. The van der Waals surface area contributed by atoms with Crippen molar-refractivity contribution in [3.8, 4) is 0 Å². The summed E-state index contributed by atoms with van der Waals surface area (Å²) in [6.07, 6.45) is 0.748. The lowest BCUT2D eigenvalue weighted by molar-refractivity contribution is -0.137. The number of hydrogen-bond donors (Lipinski definition) is 3. The quantitative estimate of drug-likeness (QED) is 0.723. The van der Waals surface area contributed by atoms with Crippen LogP contribution < -0.4 is 10.6 Å². The summed E-state index contributed by atoms with van der Waals surface area (Å²) in [6, 6.07) is 5.25. The Morgan fingerprint density at radius 3 is 2.62 bits per heavy atom. The first kappa shape index (κ1) is 17.1. The molecule has 21 heavy (non-hydrogen) atoms. The molecule has 2 amide bonds. The van der Waals surface area contributed by atoms with Gasteiger partial charge in [-0.05, 0) is 31.0 Å². The molecule has 0 bridgehead atoms. The number of anilines is 1. The number of hydrogen-bond acceptors (Lipinski definition) is 3. The number of halogens is 1. The molecule has 0 aromatic heterocycles. The van der Waals surface area contributed by atoms with Crippen molar-refractivity contribution in [2.75, 3.05) is 11.9 Å². The van der Waals surface area contributed by atoms with E-state index in [9.17, 15) is 19.1 Å². The van der Waals surface area contributed by atoms with Crippen LogP contribution in [0.25, 0.3) is 0 Å². The zero-order chi connectivity index (χ0) is 16.0. The Kier molecular flexibility index (Phi) is 5.84.